The molecule has 3 heterocycles. The lowest BCUT2D eigenvalue weighted by molar-refractivity contribution is 0.241. The molecule has 1 aliphatic rings. The summed E-state index contributed by atoms with van der Waals surface area (Å²) >= 11 is 1.58. The molecule has 0 radical (unpaired) electrons. The van der Waals surface area contributed by atoms with Crippen molar-refractivity contribution in [2.24, 2.45) is 5.10 Å². The van der Waals surface area contributed by atoms with Crippen molar-refractivity contribution in [2.75, 3.05) is 6.54 Å². The third-order valence-corrected chi connectivity index (χ3v) is 3.18. The zero-order chi connectivity index (χ0) is 11.1. The molecule has 2 aromatic rings. The average Bonchev–Trinajstić information content (AvgIpc) is 2.79. The van der Waals surface area contributed by atoms with Gasteiger partial charge in [-0.1, -0.05) is 0 Å². The number of imidazole rings is 1. The number of hydrazone groups is 1. The minimum absolute atomic E-state index is 0.271. The smallest absolute Gasteiger partial charge is 0.331 e. The lowest BCUT2D eigenvalue weighted by atomic mass is 10.2. The van der Waals surface area contributed by atoms with Crippen molar-refractivity contribution in [1.29, 1.82) is 0 Å². The monoisotopic (exact) mass is 235 g/mol. The van der Waals surface area contributed by atoms with Crippen molar-refractivity contribution in [2.45, 2.75) is 6.92 Å². The number of fused-ring (bicyclic) bond motifs is 1. The molecule has 0 spiro atoms. The Bertz CT molecular complexity index is 596. The number of nitrogens with zero attached hydrogens (tertiary/aromatic N) is 3. The second-order valence-corrected chi connectivity index (χ2v) is 4.33. The molecule has 82 valence electrons. The molecule has 2 amide bonds. The van der Waals surface area contributed by atoms with E-state index in [-0.39, 0.29) is 6.03 Å². The SMILES string of the molecule is Cc1nc2sccn2c1C1=NNC(=O)NC1. The van der Waals surface area contributed by atoms with Gasteiger partial charge in [-0.05, 0) is 6.92 Å². The van der Waals surface area contributed by atoms with Crippen molar-refractivity contribution in [3.63, 3.8) is 0 Å². The van der Waals surface area contributed by atoms with Crippen LogP contribution in [0.5, 0.6) is 0 Å². The van der Waals surface area contributed by atoms with Crippen molar-refractivity contribution in [3.05, 3.63) is 23.0 Å². The maximum Gasteiger partial charge on any atom is 0.335 e. The zero-order valence-electron chi connectivity index (χ0n) is 8.52. The molecule has 6 nitrogen and oxygen atoms in total. The van der Waals surface area contributed by atoms with Crippen LogP contribution in [0.15, 0.2) is 16.7 Å². The number of urea groups is 1. The Hall–Kier alpha value is -1.89. The standard InChI is InChI=1S/C9H9N5OS/c1-5-7(6-4-10-8(15)13-12-6)14-2-3-16-9(14)11-5/h2-3H,4H2,1H3,(H2,10,13,15). The summed E-state index contributed by atoms with van der Waals surface area (Å²) in [5.41, 5.74) is 5.07. The van der Waals surface area contributed by atoms with Gasteiger partial charge in [-0.3, -0.25) is 4.40 Å². The molecule has 7 heteroatoms. The second-order valence-electron chi connectivity index (χ2n) is 3.45. The van der Waals surface area contributed by atoms with E-state index in [2.05, 4.69) is 20.8 Å². The summed E-state index contributed by atoms with van der Waals surface area (Å²) in [6, 6.07) is -0.271. The number of rotatable bonds is 1. The normalized spacial score (nSPS) is 15.8. The molecule has 2 N–H and O–H groups in total. The molecule has 16 heavy (non-hydrogen) atoms. The summed E-state index contributed by atoms with van der Waals surface area (Å²) in [4.78, 5) is 16.3. The van der Waals surface area contributed by atoms with Crippen molar-refractivity contribution in [3.8, 4) is 0 Å². The van der Waals surface area contributed by atoms with Gasteiger partial charge >= 0.3 is 6.03 Å². The summed E-state index contributed by atoms with van der Waals surface area (Å²) in [6.07, 6.45) is 1.95. The molecule has 3 rings (SSSR count). The van der Waals surface area contributed by atoms with E-state index in [0.29, 0.717) is 6.54 Å². The number of carbonyl (C=O) groups is 1. The fraction of sp³-hybridized carbons (Fsp3) is 0.222. The Labute approximate surface area is 95.0 Å². The Morgan fingerprint density at radius 2 is 2.44 bits per heavy atom. The van der Waals surface area contributed by atoms with Crippen molar-refractivity contribution < 1.29 is 4.79 Å². The molecule has 2 aromatic heterocycles. The largest absolute Gasteiger partial charge is 0.335 e. The van der Waals surface area contributed by atoms with Gasteiger partial charge in [0.1, 0.15) is 5.71 Å². The van der Waals surface area contributed by atoms with Gasteiger partial charge in [-0.25, -0.2) is 15.2 Å². The topological polar surface area (TPSA) is 70.8 Å². The van der Waals surface area contributed by atoms with Gasteiger partial charge in [-0.15, -0.1) is 11.3 Å². The fourth-order valence-electron chi connectivity index (χ4n) is 1.74. The zero-order valence-corrected chi connectivity index (χ0v) is 9.34. The van der Waals surface area contributed by atoms with E-state index in [0.717, 1.165) is 22.1 Å². The van der Waals surface area contributed by atoms with E-state index in [1.807, 2.05) is 22.9 Å². The molecule has 0 unspecified atom stereocenters. The van der Waals surface area contributed by atoms with Crippen molar-refractivity contribution in [1.82, 2.24) is 20.1 Å². The predicted molar refractivity (Wildman–Crippen MR) is 60.9 cm³/mol. The van der Waals surface area contributed by atoms with Gasteiger partial charge in [0.2, 0.25) is 0 Å². The quantitative estimate of drug-likeness (QED) is 0.764. The summed E-state index contributed by atoms with van der Waals surface area (Å²) in [7, 11) is 0. The van der Waals surface area contributed by atoms with E-state index in [4.69, 9.17) is 0 Å². The molecular formula is C9H9N5OS. The summed E-state index contributed by atoms with van der Waals surface area (Å²) in [5, 5.41) is 8.70. The van der Waals surface area contributed by atoms with Gasteiger partial charge in [0.05, 0.1) is 17.9 Å². The lowest BCUT2D eigenvalue weighted by Gasteiger charge is -2.13. The predicted octanol–water partition coefficient (Wildman–Crippen LogP) is 0.721. The first kappa shape index (κ1) is 9.34. The van der Waals surface area contributed by atoms with E-state index < -0.39 is 0 Å². The van der Waals surface area contributed by atoms with Crippen LogP contribution in [-0.4, -0.2) is 27.7 Å². The van der Waals surface area contributed by atoms with Gasteiger partial charge < -0.3 is 5.32 Å². The number of aryl methyl sites for hydroxylation is 1. The van der Waals surface area contributed by atoms with Crippen LogP contribution in [0.3, 0.4) is 0 Å². The summed E-state index contributed by atoms with van der Waals surface area (Å²) < 4.78 is 1.98. The van der Waals surface area contributed by atoms with Gasteiger partial charge in [0.25, 0.3) is 0 Å². The van der Waals surface area contributed by atoms with Crippen molar-refractivity contribution >= 4 is 28.0 Å². The van der Waals surface area contributed by atoms with E-state index in [1.54, 1.807) is 11.3 Å². The molecule has 0 saturated carbocycles. The van der Waals surface area contributed by atoms with Gasteiger partial charge in [0.15, 0.2) is 4.96 Å². The Morgan fingerprint density at radius 3 is 3.19 bits per heavy atom. The fourth-order valence-corrected chi connectivity index (χ4v) is 2.50. The highest BCUT2D eigenvalue weighted by Gasteiger charge is 2.19. The van der Waals surface area contributed by atoms with Crippen LogP contribution >= 0.6 is 11.3 Å². The van der Waals surface area contributed by atoms with Crippen LogP contribution in [0.4, 0.5) is 4.79 Å². The highest BCUT2D eigenvalue weighted by atomic mass is 32.1. The minimum atomic E-state index is -0.271. The van der Waals surface area contributed by atoms with Crippen LogP contribution < -0.4 is 10.7 Å². The first-order chi connectivity index (χ1) is 7.75. The Balaban J connectivity index is 2.14. The van der Waals surface area contributed by atoms with Crippen LogP contribution in [0.1, 0.15) is 11.4 Å². The molecule has 0 bridgehead atoms. The number of hydrogen-bond acceptors (Lipinski definition) is 4. The highest BCUT2D eigenvalue weighted by Crippen LogP contribution is 2.17. The van der Waals surface area contributed by atoms with Crippen LogP contribution in [0, 0.1) is 6.92 Å². The molecule has 0 fully saturated rings. The highest BCUT2D eigenvalue weighted by molar-refractivity contribution is 7.15. The van der Waals surface area contributed by atoms with Crippen LogP contribution in [-0.2, 0) is 0 Å². The number of amides is 2. The molecule has 0 atom stereocenters. The molecular weight excluding hydrogens is 226 g/mol. The van der Waals surface area contributed by atoms with Crippen LogP contribution in [0.25, 0.3) is 4.96 Å². The van der Waals surface area contributed by atoms with E-state index >= 15 is 0 Å². The molecule has 0 saturated heterocycles. The Morgan fingerprint density at radius 1 is 1.56 bits per heavy atom. The third kappa shape index (κ3) is 1.28. The first-order valence-corrected chi connectivity index (χ1v) is 5.66. The van der Waals surface area contributed by atoms with Gasteiger partial charge in [-0.2, -0.15) is 5.10 Å². The summed E-state index contributed by atoms with van der Waals surface area (Å²) in [6.45, 7) is 2.37. The number of carbonyl (C=O) groups excluding carboxylic acids is 1. The number of hydrogen-bond donors (Lipinski definition) is 2. The van der Waals surface area contributed by atoms with E-state index in [9.17, 15) is 4.79 Å². The maximum absolute atomic E-state index is 10.9. The van der Waals surface area contributed by atoms with E-state index in [1.165, 1.54) is 0 Å². The second kappa shape index (κ2) is 3.31. The Kier molecular flexibility index (Phi) is 1.93. The van der Waals surface area contributed by atoms with Crippen LogP contribution in [0.2, 0.25) is 0 Å². The molecule has 0 aliphatic carbocycles. The third-order valence-electron chi connectivity index (χ3n) is 2.42. The summed E-state index contributed by atoms with van der Waals surface area (Å²) in [5.74, 6) is 0. The molecule has 1 aliphatic heterocycles. The van der Waals surface area contributed by atoms with Gasteiger partial charge in [0, 0.05) is 11.6 Å². The minimum Gasteiger partial charge on any atom is -0.331 e. The first-order valence-electron chi connectivity index (χ1n) is 4.78. The number of thiazole rings is 1. The molecule has 0 aromatic carbocycles. The lowest BCUT2D eigenvalue weighted by Crippen LogP contribution is -2.42. The maximum atomic E-state index is 10.9. The average molecular weight is 235 g/mol. The number of aromatic nitrogens is 2. The number of nitrogens with one attached hydrogen (secondary N) is 2.